The van der Waals surface area contributed by atoms with Crippen molar-refractivity contribution in [3.05, 3.63) is 46.8 Å². The number of benzene rings is 1. The van der Waals surface area contributed by atoms with Gasteiger partial charge >= 0.3 is 0 Å². The molecule has 1 atom stereocenters. The third-order valence-electron chi connectivity index (χ3n) is 4.81. The van der Waals surface area contributed by atoms with Gasteiger partial charge in [0.05, 0.1) is 28.7 Å². The van der Waals surface area contributed by atoms with Crippen LogP contribution in [0.25, 0.3) is 5.69 Å². The molecule has 1 aliphatic rings. The van der Waals surface area contributed by atoms with E-state index in [0.29, 0.717) is 18.0 Å². The van der Waals surface area contributed by atoms with Crippen LogP contribution in [0, 0.1) is 19.8 Å². The van der Waals surface area contributed by atoms with Crippen molar-refractivity contribution in [2.75, 3.05) is 13.2 Å². The number of nitrogens with zero attached hydrogens (tertiary/aromatic N) is 2. The highest BCUT2D eigenvalue weighted by Crippen LogP contribution is 2.21. The summed E-state index contributed by atoms with van der Waals surface area (Å²) in [6, 6.07) is 8.22. The molecule has 140 valence electrons. The first-order valence-electron chi connectivity index (χ1n) is 9.51. The third kappa shape index (κ3) is 4.15. The third-order valence-corrected chi connectivity index (χ3v) is 4.81. The van der Waals surface area contributed by atoms with Gasteiger partial charge in [0.2, 0.25) is 0 Å². The maximum absolute atomic E-state index is 12.9. The number of aromatic nitrogens is 2. The lowest BCUT2D eigenvalue weighted by molar-refractivity contribution is 0.0856. The van der Waals surface area contributed by atoms with Gasteiger partial charge in [-0.1, -0.05) is 31.5 Å². The average molecular weight is 355 g/mol. The lowest BCUT2D eigenvalue weighted by atomic mass is 10.0. The molecule has 2 heterocycles. The molecule has 1 aliphatic heterocycles. The standard InChI is InChI=1S/C21H29N3O2/c1-14(2)12-19-20(21(25)22-13-18-6-5-11-26-18)16(4)24(23-19)17-9-7-15(3)8-10-17/h7-10,14,18H,5-6,11-13H2,1-4H3,(H,22,25)/t18-/m1/s1. The lowest BCUT2D eigenvalue weighted by Crippen LogP contribution is -2.32. The second-order valence-corrected chi connectivity index (χ2v) is 7.60. The zero-order valence-electron chi connectivity index (χ0n) is 16.2. The van der Waals surface area contributed by atoms with Crippen molar-refractivity contribution >= 4 is 5.91 Å². The van der Waals surface area contributed by atoms with E-state index in [9.17, 15) is 4.79 Å². The molecule has 0 aliphatic carbocycles. The molecule has 2 aromatic rings. The first-order valence-corrected chi connectivity index (χ1v) is 9.51. The number of hydrogen-bond acceptors (Lipinski definition) is 3. The van der Waals surface area contributed by atoms with Crippen molar-refractivity contribution in [1.82, 2.24) is 15.1 Å². The molecule has 3 rings (SSSR count). The molecule has 0 unspecified atom stereocenters. The summed E-state index contributed by atoms with van der Waals surface area (Å²) in [6.07, 6.45) is 3.01. The van der Waals surface area contributed by atoms with Gasteiger partial charge in [-0.3, -0.25) is 4.79 Å². The number of nitrogens with one attached hydrogen (secondary N) is 1. The van der Waals surface area contributed by atoms with Crippen LogP contribution in [0.5, 0.6) is 0 Å². The van der Waals surface area contributed by atoms with Gasteiger partial charge in [0.15, 0.2) is 0 Å². The van der Waals surface area contributed by atoms with Crippen molar-refractivity contribution < 1.29 is 9.53 Å². The molecule has 1 N–H and O–H groups in total. The van der Waals surface area contributed by atoms with Gasteiger partial charge in [-0.15, -0.1) is 0 Å². The van der Waals surface area contributed by atoms with Gasteiger partial charge in [0, 0.05) is 13.2 Å². The van der Waals surface area contributed by atoms with E-state index in [2.05, 4.69) is 38.2 Å². The molecule has 0 spiro atoms. The van der Waals surface area contributed by atoms with Crippen molar-refractivity contribution in [2.45, 2.75) is 53.1 Å². The Kier molecular flexibility index (Phi) is 5.77. The Labute approximate surface area is 155 Å². The minimum Gasteiger partial charge on any atom is -0.376 e. The topological polar surface area (TPSA) is 56.2 Å². The van der Waals surface area contributed by atoms with E-state index in [0.717, 1.165) is 42.9 Å². The fourth-order valence-electron chi connectivity index (χ4n) is 3.42. The fraction of sp³-hybridized carbons (Fsp3) is 0.524. The van der Waals surface area contributed by atoms with E-state index in [-0.39, 0.29) is 12.0 Å². The Balaban J connectivity index is 1.88. The molecule has 1 fully saturated rings. The van der Waals surface area contributed by atoms with E-state index in [1.54, 1.807) is 0 Å². The molecule has 0 radical (unpaired) electrons. The molecule has 5 nitrogen and oxygen atoms in total. The van der Waals surface area contributed by atoms with Crippen molar-refractivity contribution in [1.29, 1.82) is 0 Å². The summed E-state index contributed by atoms with van der Waals surface area (Å²) in [5.41, 5.74) is 4.64. The summed E-state index contributed by atoms with van der Waals surface area (Å²) in [7, 11) is 0. The van der Waals surface area contributed by atoms with Crippen LogP contribution in [-0.2, 0) is 11.2 Å². The molecule has 1 amide bonds. The molecular weight excluding hydrogens is 326 g/mol. The van der Waals surface area contributed by atoms with Crippen LogP contribution in [0.15, 0.2) is 24.3 Å². The molecular formula is C21H29N3O2. The minimum atomic E-state index is -0.0491. The zero-order valence-corrected chi connectivity index (χ0v) is 16.2. The Bertz CT molecular complexity index is 756. The summed E-state index contributed by atoms with van der Waals surface area (Å²) in [6.45, 7) is 9.69. The number of ether oxygens (including phenoxy) is 1. The first-order chi connectivity index (χ1) is 12.5. The summed E-state index contributed by atoms with van der Waals surface area (Å²) in [5.74, 6) is 0.382. The average Bonchev–Trinajstić information content (AvgIpc) is 3.21. The molecule has 26 heavy (non-hydrogen) atoms. The van der Waals surface area contributed by atoms with Gasteiger partial charge in [-0.25, -0.2) is 4.68 Å². The minimum absolute atomic E-state index is 0.0491. The van der Waals surface area contributed by atoms with Crippen molar-refractivity contribution in [3.63, 3.8) is 0 Å². The number of carbonyl (C=O) groups is 1. The second-order valence-electron chi connectivity index (χ2n) is 7.60. The van der Waals surface area contributed by atoms with Crippen LogP contribution in [0.1, 0.15) is 54.0 Å². The highest BCUT2D eigenvalue weighted by molar-refractivity contribution is 5.96. The van der Waals surface area contributed by atoms with E-state index >= 15 is 0 Å². The van der Waals surface area contributed by atoms with Crippen LogP contribution in [-0.4, -0.2) is 34.9 Å². The fourth-order valence-corrected chi connectivity index (χ4v) is 3.42. The van der Waals surface area contributed by atoms with Crippen molar-refractivity contribution in [2.24, 2.45) is 5.92 Å². The van der Waals surface area contributed by atoms with E-state index in [4.69, 9.17) is 9.84 Å². The number of rotatable bonds is 6. The SMILES string of the molecule is Cc1ccc(-n2nc(CC(C)C)c(C(=O)NC[C@H]3CCCO3)c2C)cc1. The monoisotopic (exact) mass is 355 g/mol. The number of amides is 1. The quantitative estimate of drug-likeness (QED) is 0.861. The molecule has 1 aromatic carbocycles. The van der Waals surface area contributed by atoms with Gasteiger partial charge in [-0.2, -0.15) is 5.10 Å². The van der Waals surface area contributed by atoms with Crippen LogP contribution in [0.2, 0.25) is 0 Å². The molecule has 0 bridgehead atoms. The van der Waals surface area contributed by atoms with E-state index in [1.807, 2.05) is 23.7 Å². The normalized spacial score (nSPS) is 17.0. The van der Waals surface area contributed by atoms with Crippen LogP contribution in [0.4, 0.5) is 0 Å². The Morgan fingerprint density at radius 1 is 1.31 bits per heavy atom. The maximum atomic E-state index is 12.9. The Morgan fingerprint density at radius 3 is 2.65 bits per heavy atom. The number of hydrogen-bond donors (Lipinski definition) is 1. The molecule has 1 saturated heterocycles. The molecule has 5 heteroatoms. The van der Waals surface area contributed by atoms with Gasteiger partial charge in [-0.05, 0) is 51.2 Å². The predicted molar refractivity (Wildman–Crippen MR) is 103 cm³/mol. The van der Waals surface area contributed by atoms with E-state index in [1.165, 1.54) is 5.56 Å². The first kappa shape index (κ1) is 18.6. The summed E-state index contributed by atoms with van der Waals surface area (Å²) < 4.78 is 7.50. The summed E-state index contributed by atoms with van der Waals surface area (Å²) in [4.78, 5) is 12.9. The molecule has 1 aromatic heterocycles. The van der Waals surface area contributed by atoms with Gasteiger partial charge in [0.25, 0.3) is 5.91 Å². The lowest BCUT2D eigenvalue weighted by Gasteiger charge is -2.12. The highest BCUT2D eigenvalue weighted by atomic mass is 16.5. The smallest absolute Gasteiger partial charge is 0.255 e. The summed E-state index contributed by atoms with van der Waals surface area (Å²) >= 11 is 0. The van der Waals surface area contributed by atoms with Gasteiger partial charge < -0.3 is 10.1 Å². The molecule has 0 saturated carbocycles. The second kappa shape index (κ2) is 8.04. The summed E-state index contributed by atoms with van der Waals surface area (Å²) in [5, 5.41) is 7.83. The number of aryl methyl sites for hydroxylation is 1. The Morgan fingerprint density at radius 2 is 2.04 bits per heavy atom. The largest absolute Gasteiger partial charge is 0.376 e. The maximum Gasteiger partial charge on any atom is 0.255 e. The number of carbonyl (C=O) groups excluding carboxylic acids is 1. The zero-order chi connectivity index (χ0) is 18.7. The highest BCUT2D eigenvalue weighted by Gasteiger charge is 2.24. The van der Waals surface area contributed by atoms with Crippen molar-refractivity contribution in [3.8, 4) is 5.69 Å². The van der Waals surface area contributed by atoms with E-state index < -0.39 is 0 Å². The Hall–Kier alpha value is -2.14. The van der Waals surface area contributed by atoms with Crippen LogP contribution in [0.3, 0.4) is 0 Å². The van der Waals surface area contributed by atoms with Crippen LogP contribution >= 0.6 is 0 Å². The van der Waals surface area contributed by atoms with Crippen LogP contribution < -0.4 is 5.32 Å². The predicted octanol–water partition coefficient (Wildman–Crippen LogP) is 3.60. The van der Waals surface area contributed by atoms with Gasteiger partial charge in [0.1, 0.15) is 0 Å².